The number of aryl methyl sites for hydroxylation is 1. The van der Waals surface area contributed by atoms with Gasteiger partial charge in [-0.1, -0.05) is 38.1 Å². The van der Waals surface area contributed by atoms with E-state index in [-0.39, 0.29) is 5.54 Å². The van der Waals surface area contributed by atoms with E-state index in [0.717, 1.165) is 26.1 Å². The van der Waals surface area contributed by atoms with Crippen LogP contribution in [0.15, 0.2) is 24.3 Å². The minimum atomic E-state index is 0.141. The maximum absolute atomic E-state index is 6.11. The lowest BCUT2D eigenvalue weighted by Crippen LogP contribution is -2.53. The molecule has 0 aromatic heterocycles. The van der Waals surface area contributed by atoms with Crippen molar-refractivity contribution in [2.45, 2.75) is 64.3 Å². The van der Waals surface area contributed by atoms with E-state index in [1.54, 1.807) is 11.1 Å². The summed E-state index contributed by atoms with van der Waals surface area (Å²) in [4.78, 5) is 2.65. The van der Waals surface area contributed by atoms with Gasteiger partial charge in [0, 0.05) is 18.6 Å². The molecule has 0 bridgehead atoms. The molecule has 0 spiro atoms. The van der Waals surface area contributed by atoms with Crippen molar-refractivity contribution >= 4 is 0 Å². The van der Waals surface area contributed by atoms with Gasteiger partial charge in [-0.3, -0.25) is 4.90 Å². The smallest absolute Gasteiger partial charge is 0.0301 e. The van der Waals surface area contributed by atoms with E-state index in [1.807, 2.05) is 0 Å². The van der Waals surface area contributed by atoms with Crippen LogP contribution in [0.2, 0.25) is 0 Å². The van der Waals surface area contributed by atoms with Gasteiger partial charge in [-0.05, 0) is 62.6 Å². The molecule has 0 radical (unpaired) electrons. The third-order valence-electron chi connectivity index (χ3n) is 5.39. The number of nitrogens with zero attached hydrogens (tertiary/aromatic N) is 1. The Morgan fingerprint density at radius 1 is 1.29 bits per heavy atom. The second-order valence-corrected chi connectivity index (χ2v) is 6.79. The molecule has 1 aliphatic carbocycles. The first-order valence-corrected chi connectivity index (χ1v) is 8.67. The maximum Gasteiger partial charge on any atom is 0.0301 e. The van der Waals surface area contributed by atoms with Crippen LogP contribution in [0.4, 0.5) is 0 Å². The molecule has 0 fully saturated rings. The fourth-order valence-electron chi connectivity index (χ4n) is 3.66. The highest BCUT2D eigenvalue weighted by Gasteiger charge is 2.31. The van der Waals surface area contributed by atoms with Gasteiger partial charge in [0.15, 0.2) is 0 Å². The first-order chi connectivity index (χ1) is 10.1. The molecule has 0 saturated heterocycles. The Hall–Kier alpha value is -0.860. The molecule has 0 aliphatic heterocycles. The van der Waals surface area contributed by atoms with Crippen LogP contribution in [-0.2, 0) is 6.42 Å². The fourth-order valence-corrected chi connectivity index (χ4v) is 3.66. The minimum absolute atomic E-state index is 0.141. The molecule has 118 valence electrons. The predicted molar refractivity (Wildman–Crippen MR) is 91.7 cm³/mol. The van der Waals surface area contributed by atoms with Crippen LogP contribution in [-0.4, -0.2) is 30.1 Å². The third-order valence-corrected chi connectivity index (χ3v) is 5.39. The van der Waals surface area contributed by atoms with Crippen LogP contribution < -0.4 is 5.73 Å². The van der Waals surface area contributed by atoms with Crippen molar-refractivity contribution in [3.63, 3.8) is 0 Å². The van der Waals surface area contributed by atoms with Crippen molar-refractivity contribution in [3.8, 4) is 0 Å². The van der Waals surface area contributed by atoms with Crippen molar-refractivity contribution in [3.05, 3.63) is 35.4 Å². The summed E-state index contributed by atoms with van der Waals surface area (Å²) in [5.74, 6) is 0.680. The van der Waals surface area contributed by atoms with Crippen molar-refractivity contribution in [2.24, 2.45) is 5.73 Å². The Balaban J connectivity index is 2.18. The van der Waals surface area contributed by atoms with Crippen molar-refractivity contribution in [1.29, 1.82) is 0 Å². The molecule has 2 heteroatoms. The topological polar surface area (TPSA) is 29.3 Å². The summed E-state index contributed by atoms with van der Waals surface area (Å²) in [6.07, 6.45) is 6.22. The summed E-state index contributed by atoms with van der Waals surface area (Å²) < 4.78 is 0. The van der Waals surface area contributed by atoms with Gasteiger partial charge < -0.3 is 5.73 Å². The van der Waals surface area contributed by atoms with Crippen molar-refractivity contribution < 1.29 is 0 Å². The average molecular weight is 288 g/mol. The summed E-state index contributed by atoms with van der Waals surface area (Å²) in [6, 6.07) is 9.03. The molecule has 2 nitrogen and oxygen atoms in total. The molecule has 2 rings (SSSR count). The zero-order valence-corrected chi connectivity index (χ0v) is 14.1. The standard InChI is InChI=1S/C19H32N2/c1-4-13-21(19(3,5-2)15-20)14-17-11-8-10-16-9-6-7-12-18(16)17/h6-7,9,12,17H,4-5,8,10-11,13-15,20H2,1-3H3. The van der Waals surface area contributed by atoms with Gasteiger partial charge in [0.05, 0.1) is 0 Å². The third kappa shape index (κ3) is 3.67. The van der Waals surface area contributed by atoms with E-state index in [0.29, 0.717) is 5.92 Å². The Morgan fingerprint density at radius 3 is 2.71 bits per heavy atom. The number of nitrogens with two attached hydrogens (primary N) is 1. The first-order valence-electron chi connectivity index (χ1n) is 8.67. The van der Waals surface area contributed by atoms with E-state index in [1.165, 1.54) is 25.7 Å². The fraction of sp³-hybridized carbons (Fsp3) is 0.684. The summed E-state index contributed by atoms with van der Waals surface area (Å²) in [6.45, 7) is 9.93. The van der Waals surface area contributed by atoms with E-state index >= 15 is 0 Å². The van der Waals surface area contributed by atoms with Crippen LogP contribution in [0.25, 0.3) is 0 Å². The van der Waals surface area contributed by atoms with Gasteiger partial charge in [-0.15, -0.1) is 0 Å². The lowest BCUT2D eigenvalue weighted by Gasteiger charge is -2.43. The molecule has 1 aromatic rings. The SMILES string of the molecule is CCCN(CC1CCCc2ccccc21)C(C)(CC)CN. The Kier molecular flexibility index (Phi) is 5.83. The summed E-state index contributed by atoms with van der Waals surface area (Å²) in [5, 5.41) is 0. The van der Waals surface area contributed by atoms with Gasteiger partial charge in [-0.2, -0.15) is 0 Å². The Bertz CT molecular complexity index is 437. The van der Waals surface area contributed by atoms with Gasteiger partial charge in [0.1, 0.15) is 0 Å². The zero-order chi connectivity index (χ0) is 15.3. The van der Waals surface area contributed by atoms with Gasteiger partial charge in [0.25, 0.3) is 0 Å². The summed E-state index contributed by atoms with van der Waals surface area (Å²) >= 11 is 0. The monoisotopic (exact) mass is 288 g/mol. The quantitative estimate of drug-likeness (QED) is 0.823. The maximum atomic E-state index is 6.11. The van der Waals surface area contributed by atoms with Gasteiger partial charge in [0.2, 0.25) is 0 Å². The molecule has 0 heterocycles. The normalized spacial score (nSPS) is 21.1. The van der Waals surface area contributed by atoms with Gasteiger partial charge >= 0.3 is 0 Å². The molecule has 2 atom stereocenters. The summed E-state index contributed by atoms with van der Waals surface area (Å²) in [5.41, 5.74) is 9.40. The van der Waals surface area contributed by atoms with Crippen LogP contribution in [0, 0.1) is 0 Å². The molecule has 1 aliphatic rings. The molecule has 0 amide bonds. The van der Waals surface area contributed by atoms with Crippen LogP contribution in [0.3, 0.4) is 0 Å². The van der Waals surface area contributed by atoms with E-state index < -0.39 is 0 Å². The first kappa shape index (κ1) is 16.5. The largest absolute Gasteiger partial charge is 0.329 e. The van der Waals surface area contributed by atoms with Crippen LogP contribution >= 0.6 is 0 Å². The number of hydrogen-bond donors (Lipinski definition) is 1. The van der Waals surface area contributed by atoms with E-state index in [4.69, 9.17) is 5.73 Å². The highest BCUT2D eigenvalue weighted by Crippen LogP contribution is 2.34. The molecular weight excluding hydrogens is 256 g/mol. The highest BCUT2D eigenvalue weighted by molar-refractivity contribution is 5.32. The zero-order valence-electron chi connectivity index (χ0n) is 14.1. The lowest BCUT2D eigenvalue weighted by atomic mass is 9.81. The number of fused-ring (bicyclic) bond motifs is 1. The molecule has 21 heavy (non-hydrogen) atoms. The second kappa shape index (κ2) is 7.42. The molecule has 2 unspecified atom stereocenters. The molecule has 0 saturated carbocycles. The minimum Gasteiger partial charge on any atom is -0.329 e. The van der Waals surface area contributed by atoms with Crippen molar-refractivity contribution in [2.75, 3.05) is 19.6 Å². The highest BCUT2D eigenvalue weighted by atomic mass is 15.2. The Labute approximate surface area is 130 Å². The number of benzene rings is 1. The summed E-state index contributed by atoms with van der Waals surface area (Å²) in [7, 11) is 0. The van der Waals surface area contributed by atoms with E-state index in [2.05, 4.69) is 49.9 Å². The lowest BCUT2D eigenvalue weighted by molar-refractivity contribution is 0.0950. The van der Waals surface area contributed by atoms with Crippen LogP contribution in [0.1, 0.15) is 63.5 Å². The van der Waals surface area contributed by atoms with Crippen molar-refractivity contribution in [1.82, 2.24) is 4.90 Å². The Morgan fingerprint density at radius 2 is 2.05 bits per heavy atom. The van der Waals surface area contributed by atoms with Crippen LogP contribution in [0.5, 0.6) is 0 Å². The number of rotatable bonds is 7. The molecule has 2 N–H and O–H groups in total. The van der Waals surface area contributed by atoms with E-state index in [9.17, 15) is 0 Å². The molecular formula is C19H32N2. The second-order valence-electron chi connectivity index (χ2n) is 6.79. The average Bonchev–Trinajstić information content (AvgIpc) is 2.54. The predicted octanol–water partition coefficient (Wildman–Crippen LogP) is 3.95. The molecule has 1 aromatic carbocycles. The van der Waals surface area contributed by atoms with Gasteiger partial charge in [-0.25, -0.2) is 0 Å². The number of hydrogen-bond acceptors (Lipinski definition) is 2.